The summed E-state index contributed by atoms with van der Waals surface area (Å²) < 4.78 is 4.69. The van der Waals surface area contributed by atoms with E-state index in [1.165, 1.54) is 25.3 Å². The van der Waals surface area contributed by atoms with E-state index in [2.05, 4.69) is 9.72 Å². The van der Waals surface area contributed by atoms with Crippen LogP contribution in [-0.4, -0.2) is 27.9 Å². The molecular formula is C15H14N2O5. The van der Waals surface area contributed by atoms with Crippen LogP contribution in [0.4, 0.5) is 0 Å². The molecule has 0 unspecified atom stereocenters. The van der Waals surface area contributed by atoms with E-state index >= 15 is 0 Å². The number of carbonyl (C=O) groups is 3. The summed E-state index contributed by atoms with van der Waals surface area (Å²) in [5, 5.41) is 8.69. The molecule has 1 heterocycles. The van der Waals surface area contributed by atoms with Crippen LogP contribution in [0.2, 0.25) is 0 Å². The van der Waals surface area contributed by atoms with Crippen LogP contribution in [0.25, 0.3) is 0 Å². The average Bonchev–Trinajstić information content (AvgIpc) is 2.48. The Bertz CT molecular complexity index is 671. The lowest BCUT2D eigenvalue weighted by Gasteiger charge is -2.03. The summed E-state index contributed by atoms with van der Waals surface area (Å²) in [5.74, 6) is -2.02. The number of nitrogens with two attached hydrogens (primary N) is 1. The van der Waals surface area contributed by atoms with Gasteiger partial charge >= 0.3 is 11.9 Å². The SMILES string of the molecule is CC(=O)Oc1ccccc1C(=O)O.NC(=O)c1cccnc1. The lowest BCUT2D eigenvalue weighted by molar-refractivity contribution is -0.131. The van der Waals surface area contributed by atoms with Crippen molar-refractivity contribution in [3.05, 3.63) is 59.9 Å². The largest absolute Gasteiger partial charge is 0.478 e. The number of aromatic carboxylic acids is 1. The Kier molecular flexibility index (Phi) is 6.24. The van der Waals surface area contributed by atoms with E-state index < -0.39 is 17.8 Å². The number of aromatic nitrogens is 1. The number of para-hydroxylation sites is 1. The predicted octanol–water partition coefficient (Wildman–Crippen LogP) is 1.49. The molecule has 22 heavy (non-hydrogen) atoms. The third-order valence-electron chi connectivity index (χ3n) is 2.32. The number of hydrogen-bond donors (Lipinski definition) is 2. The summed E-state index contributed by atoms with van der Waals surface area (Å²) in [4.78, 5) is 35.3. The number of amides is 1. The fourth-order valence-corrected chi connectivity index (χ4v) is 1.40. The molecule has 0 radical (unpaired) electrons. The van der Waals surface area contributed by atoms with Gasteiger partial charge in [-0.15, -0.1) is 0 Å². The number of carboxylic acids is 1. The predicted molar refractivity (Wildman–Crippen MR) is 77.5 cm³/mol. The fraction of sp³-hybridized carbons (Fsp3) is 0.0667. The van der Waals surface area contributed by atoms with Gasteiger partial charge in [-0.25, -0.2) is 4.79 Å². The molecule has 1 aromatic heterocycles. The van der Waals surface area contributed by atoms with Crippen LogP contribution in [0.15, 0.2) is 48.8 Å². The second-order valence-electron chi connectivity index (χ2n) is 4.00. The van der Waals surface area contributed by atoms with Crippen molar-refractivity contribution < 1.29 is 24.2 Å². The van der Waals surface area contributed by atoms with E-state index in [0.29, 0.717) is 5.56 Å². The molecule has 0 saturated carbocycles. The van der Waals surface area contributed by atoms with Crippen LogP contribution in [-0.2, 0) is 4.79 Å². The molecule has 1 aromatic carbocycles. The van der Waals surface area contributed by atoms with Gasteiger partial charge in [0.25, 0.3) is 0 Å². The number of carboxylic acid groups (broad SMARTS) is 1. The van der Waals surface area contributed by atoms with Crippen molar-refractivity contribution in [2.75, 3.05) is 0 Å². The molecule has 2 aromatic rings. The topological polar surface area (TPSA) is 120 Å². The lowest BCUT2D eigenvalue weighted by atomic mass is 10.2. The number of rotatable bonds is 3. The van der Waals surface area contributed by atoms with Gasteiger partial charge in [-0.2, -0.15) is 0 Å². The number of primary amides is 1. The Morgan fingerprint density at radius 2 is 1.82 bits per heavy atom. The van der Waals surface area contributed by atoms with E-state index in [4.69, 9.17) is 10.8 Å². The lowest BCUT2D eigenvalue weighted by Crippen LogP contribution is -2.10. The van der Waals surface area contributed by atoms with Crippen molar-refractivity contribution in [1.29, 1.82) is 0 Å². The van der Waals surface area contributed by atoms with Crippen LogP contribution >= 0.6 is 0 Å². The first-order valence-corrected chi connectivity index (χ1v) is 6.12. The maximum atomic E-state index is 10.6. The highest BCUT2D eigenvalue weighted by atomic mass is 16.5. The summed E-state index contributed by atoms with van der Waals surface area (Å²) in [7, 11) is 0. The Morgan fingerprint density at radius 1 is 1.14 bits per heavy atom. The van der Waals surface area contributed by atoms with Gasteiger partial charge in [-0.1, -0.05) is 12.1 Å². The number of carbonyl (C=O) groups excluding carboxylic acids is 2. The number of pyridine rings is 1. The highest BCUT2D eigenvalue weighted by molar-refractivity contribution is 5.92. The summed E-state index contributed by atoms with van der Waals surface area (Å²) >= 11 is 0. The third kappa shape index (κ3) is 5.41. The number of hydrogen-bond acceptors (Lipinski definition) is 5. The third-order valence-corrected chi connectivity index (χ3v) is 2.32. The second-order valence-corrected chi connectivity index (χ2v) is 4.00. The first-order valence-electron chi connectivity index (χ1n) is 6.12. The van der Waals surface area contributed by atoms with Gasteiger partial charge < -0.3 is 15.6 Å². The van der Waals surface area contributed by atoms with Crippen LogP contribution in [0.1, 0.15) is 27.6 Å². The summed E-state index contributed by atoms with van der Waals surface area (Å²) in [5.41, 5.74) is 5.36. The molecule has 7 heteroatoms. The molecule has 1 amide bonds. The van der Waals surface area contributed by atoms with Crippen LogP contribution < -0.4 is 10.5 Å². The van der Waals surface area contributed by atoms with Crippen molar-refractivity contribution in [2.24, 2.45) is 5.73 Å². The van der Waals surface area contributed by atoms with Crippen molar-refractivity contribution in [1.82, 2.24) is 4.98 Å². The molecule has 0 atom stereocenters. The monoisotopic (exact) mass is 302 g/mol. The molecule has 0 bridgehead atoms. The molecule has 0 aliphatic heterocycles. The van der Waals surface area contributed by atoms with Gasteiger partial charge in [-0.3, -0.25) is 14.6 Å². The first kappa shape index (κ1) is 16.8. The maximum Gasteiger partial charge on any atom is 0.339 e. The van der Waals surface area contributed by atoms with Gasteiger partial charge in [0, 0.05) is 19.3 Å². The number of benzene rings is 1. The highest BCUT2D eigenvalue weighted by Gasteiger charge is 2.10. The number of ether oxygens (including phenoxy) is 1. The smallest absolute Gasteiger partial charge is 0.339 e. The number of nitrogens with zero attached hydrogens (tertiary/aromatic N) is 1. The zero-order chi connectivity index (χ0) is 16.5. The van der Waals surface area contributed by atoms with Crippen LogP contribution in [0, 0.1) is 0 Å². The van der Waals surface area contributed by atoms with E-state index in [1.54, 1.807) is 30.5 Å². The van der Waals surface area contributed by atoms with E-state index in [1.807, 2.05) is 0 Å². The van der Waals surface area contributed by atoms with E-state index in [-0.39, 0.29) is 11.3 Å². The Morgan fingerprint density at radius 3 is 2.27 bits per heavy atom. The van der Waals surface area contributed by atoms with Crippen molar-refractivity contribution in [3.63, 3.8) is 0 Å². The van der Waals surface area contributed by atoms with Gasteiger partial charge in [-0.05, 0) is 24.3 Å². The second kappa shape index (κ2) is 8.15. The summed E-state index contributed by atoms with van der Waals surface area (Å²) in [6.07, 6.45) is 3.02. The van der Waals surface area contributed by atoms with Gasteiger partial charge in [0.15, 0.2) is 0 Å². The van der Waals surface area contributed by atoms with E-state index in [9.17, 15) is 14.4 Å². The molecule has 114 valence electrons. The standard InChI is InChI=1S/C9H8O4.C6H6N2O/c1-6(10)13-8-5-3-2-4-7(8)9(11)12;7-6(9)5-2-1-3-8-4-5/h2-5H,1H3,(H,11,12);1-4H,(H2,7,9). The van der Waals surface area contributed by atoms with Gasteiger partial charge in [0.05, 0.1) is 5.56 Å². The summed E-state index contributed by atoms with van der Waals surface area (Å²) in [6.45, 7) is 1.22. The molecule has 7 nitrogen and oxygen atoms in total. The van der Waals surface area contributed by atoms with Crippen molar-refractivity contribution >= 4 is 17.8 Å². The Labute approximate surface area is 126 Å². The van der Waals surface area contributed by atoms with Gasteiger partial charge in [0.2, 0.25) is 5.91 Å². The fourth-order valence-electron chi connectivity index (χ4n) is 1.40. The molecule has 0 spiro atoms. The maximum absolute atomic E-state index is 10.6. The molecule has 3 N–H and O–H groups in total. The zero-order valence-corrected chi connectivity index (χ0v) is 11.7. The zero-order valence-electron chi connectivity index (χ0n) is 11.7. The van der Waals surface area contributed by atoms with Crippen LogP contribution in [0.5, 0.6) is 5.75 Å². The van der Waals surface area contributed by atoms with Gasteiger partial charge in [0.1, 0.15) is 11.3 Å². The quantitative estimate of drug-likeness (QED) is 0.654. The van der Waals surface area contributed by atoms with Crippen molar-refractivity contribution in [2.45, 2.75) is 6.92 Å². The molecule has 0 saturated heterocycles. The van der Waals surface area contributed by atoms with Crippen LogP contribution in [0.3, 0.4) is 0 Å². The Hall–Kier alpha value is -3.22. The minimum atomic E-state index is -1.11. The summed E-state index contributed by atoms with van der Waals surface area (Å²) in [6, 6.07) is 9.27. The minimum absolute atomic E-state index is 0.0160. The minimum Gasteiger partial charge on any atom is -0.478 e. The highest BCUT2D eigenvalue weighted by Crippen LogP contribution is 2.17. The van der Waals surface area contributed by atoms with Crippen molar-refractivity contribution in [3.8, 4) is 5.75 Å². The molecule has 0 aliphatic rings. The normalized spacial score (nSPS) is 9.14. The Balaban J connectivity index is 0.000000235. The molecule has 0 fully saturated rings. The first-order chi connectivity index (χ1) is 10.4. The molecule has 2 rings (SSSR count). The average molecular weight is 302 g/mol. The molecule has 0 aliphatic carbocycles. The van der Waals surface area contributed by atoms with E-state index in [0.717, 1.165) is 0 Å². The number of esters is 1. The molecular weight excluding hydrogens is 288 g/mol.